The Hall–Kier alpha value is -4.73. The third-order valence-electron chi connectivity index (χ3n) is 8.13. The van der Waals surface area contributed by atoms with Crippen molar-refractivity contribution in [2.45, 2.75) is 44.1 Å². The SMILES string of the molecule is NC(=O)CN1CCC[C@]2(CCCN2C(=O)CCNC(=O)c2ccc(NC(=O)Cc3cccc4ccccc34)cc2)C1=O. The summed E-state index contributed by atoms with van der Waals surface area (Å²) in [4.78, 5) is 66.3. The number of likely N-dealkylation sites (tertiary alicyclic amines) is 2. The fraction of sp³-hybridized carbons (Fsp3) is 0.344. The van der Waals surface area contributed by atoms with Gasteiger partial charge in [-0.2, -0.15) is 0 Å². The Bertz CT molecular complexity index is 1520. The van der Waals surface area contributed by atoms with Crippen molar-refractivity contribution < 1.29 is 24.0 Å². The first kappa shape index (κ1) is 28.8. The van der Waals surface area contributed by atoms with Crippen LogP contribution < -0.4 is 16.4 Å². The van der Waals surface area contributed by atoms with Gasteiger partial charge in [0.25, 0.3) is 5.91 Å². The van der Waals surface area contributed by atoms with Crippen molar-refractivity contribution in [2.24, 2.45) is 5.73 Å². The van der Waals surface area contributed by atoms with Crippen LogP contribution >= 0.6 is 0 Å². The van der Waals surface area contributed by atoms with E-state index < -0.39 is 11.4 Å². The summed E-state index contributed by atoms with van der Waals surface area (Å²) in [5, 5.41) is 7.76. The zero-order valence-corrected chi connectivity index (χ0v) is 23.4. The number of fused-ring (bicyclic) bond motifs is 1. The molecular weight excluding hydrogens is 534 g/mol. The quantitative estimate of drug-likeness (QED) is 0.363. The molecule has 5 rings (SSSR count). The number of nitrogens with two attached hydrogens (primary N) is 1. The number of benzene rings is 3. The number of nitrogens with one attached hydrogen (secondary N) is 2. The average Bonchev–Trinajstić information content (AvgIpc) is 3.40. The lowest BCUT2D eigenvalue weighted by Crippen LogP contribution is -2.62. The van der Waals surface area contributed by atoms with Crippen LogP contribution in [-0.4, -0.2) is 71.1 Å². The van der Waals surface area contributed by atoms with E-state index in [2.05, 4.69) is 10.6 Å². The van der Waals surface area contributed by atoms with Crippen LogP contribution in [0.1, 0.15) is 48.0 Å². The summed E-state index contributed by atoms with van der Waals surface area (Å²) in [5.41, 5.74) is 6.30. The van der Waals surface area contributed by atoms with Gasteiger partial charge in [-0.25, -0.2) is 0 Å². The largest absolute Gasteiger partial charge is 0.368 e. The van der Waals surface area contributed by atoms with Crippen molar-refractivity contribution in [3.63, 3.8) is 0 Å². The van der Waals surface area contributed by atoms with Gasteiger partial charge in [0.2, 0.25) is 23.6 Å². The topological polar surface area (TPSA) is 142 Å². The first-order valence-electron chi connectivity index (χ1n) is 14.3. The minimum Gasteiger partial charge on any atom is -0.368 e. The molecule has 1 atom stereocenters. The van der Waals surface area contributed by atoms with Crippen LogP contribution in [0.4, 0.5) is 5.69 Å². The van der Waals surface area contributed by atoms with Crippen LogP contribution in [0.3, 0.4) is 0 Å². The molecule has 4 N–H and O–H groups in total. The normalized spacial score (nSPS) is 18.3. The molecule has 218 valence electrons. The fourth-order valence-corrected chi connectivity index (χ4v) is 6.18. The number of hydrogen-bond acceptors (Lipinski definition) is 5. The van der Waals surface area contributed by atoms with Crippen molar-refractivity contribution in [3.8, 4) is 0 Å². The van der Waals surface area contributed by atoms with Gasteiger partial charge in [-0.05, 0) is 66.3 Å². The Morgan fingerprint density at radius 2 is 1.60 bits per heavy atom. The number of amides is 5. The fourth-order valence-electron chi connectivity index (χ4n) is 6.18. The number of carbonyl (C=O) groups excluding carboxylic acids is 5. The second-order valence-corrected chi connectivity index (χ2v) is 10.9. The van der Waals surface area contributed by atoms with Crippen LogP contribution in [0.15, 0.2) is 66.7 Å². The minimum absolute atomic E-state index is 0.0545. The number of primary amides is 1. The molecule has 2 aliphatic heterocycles. The molecule has 2 heterocycles. The van der Waals surface area contributed by atoms with Gasteiger partial charge in [-0.1, -0.05) is 42.5 Å². The maximum atomic E-state index is 13.2. The van der Waals surface area contributed by atoms with Crippen LogP contribution in [0, 0.1) is 0 Å². The highest BCUT2D eigenvalue weighted by Crippen LogP contribution is 2.38. The molecular formula is C32H35N5O5. The van der Waals surface area contributed by atoms with Crippen molar-refractivity contribution in [1.29, 1.82) is 0 Å². The van der Waals surface area contributed by atoms with E-state index >= 15 is 0 Å². The maximum Gasteiger partial charge on any atom is 0.251 e. The Labute approximate surface area is 244 Å². The van der Waals surface area contributed by atoms with Gasteiger partial charge < -0.3 is 26.2 Å². The zero-order chi connectivity index (χ0) is 29.7. The summed E-state index contributed by atoms with van der Waals surface area (Å²) in [7, 11) is 0. The van der Waals surface area contributed by atoms with Gasteiger partial charge in [0, 0.05) is 37.3 Å². The van der Waals surface area contributed by atoms with E-state index in [1.165, 1.54) is 4.90 Å². The lowest BCUT2D eigenvalue weighted by Gasteiger charge is -2.44. The van der Waals surface area contributed by atoms with E-state index in [9.17, 15) is 24.0 Å². The molecule has 0 saturated carbocycles. The molecule has 42 heavy (non-hydrogen) atoms. The standard InChI is InChI=1S/C32H35N5O5/c33-27(38)21-36-18-4-15-32(31(36)42)16-5-19-37(32)29(40)14-17-34-30(41)23-10-12-25(13-11-23)35-28(39)20-24-8-3-7-22-6-1-2-9-26(22)24/h1-3,6-13H,4-5,14-21H2,(H2,33,38)(H,34,41)(H,35,39)/t32-/m0/s1. The van der Waals surface area contributed by atoms with Crippen LogP contribution in [0.2, 0.25) is 0 Å². The summed E-state index contributed by atoms with van der Waals surface area (Å²) in [5.74, 6) is -1.49. The number of rotatable bonds is 9. The molecule has 0 radical (unpaired) electrons. The average molecular weight is 570 g/mol. The van der Waals surface area contributed by atoms with E-state index in [-0.39, 0.29) is 49.6 Å². The minimum atomic E-state index is -0.928. The molecule has 10 heteroatoms. The molecule has 2 aliphatic rings. The van der Waals surface area contributed by atoms with Crippen LogP contribution in [0.5, 0.6) is 0 Å². The maximum absolute atomic E-state index is 13.2. The van der Waals surface area contributed by atoms with Gasteiger partial charge in [-0.3, -0.25) is 24.0 Å². The van der Waals surface area contributed by atoms with Crippen molar-refractivity contribution in [2.75, 3.05) is 31.5 Å². The Kier molecular flexibility index (Phi) is 8.51. The highest BCUT2D eigenvalue weighted by molar-refractivity contribution is 5.98. The van der Waals surface area contributed by atoms with E-state index in [4.69, 9.17) is 5.73 Å². The van der Waals surface area contributed by atoms with Gasteiger partial charge in [-0.15, -0.1) is 0 Å². The second-order valence-electron chi connectivity index (χ2n) is 10.9. The molecule has 10 nitrogen and oxygen atoms in total. The molecule has 3 aromatic carbocycles. The lowest BCUT2D eigenvalue weighted by atomic mass is 9.85. The predicted molar refractivity (Wildman–Crippen MR) is 158 cm³/mol. The molecule has 2 fully saturated rings. The number of piperidine rings is 1. The van der Waals surface area contributed by atoms with Gasteiger partial charge in [0.1, 0.15) is 5.54 Å². The molecule has 0 aliphatic carbocycles. The van der Waals surface area contributed by atoms with Gasteiger partial charge in [0.15, 0.2) is 0 Å². The van der Waals surface area contributed by atoms with Crippen LogP contribution in [-0.2, 0) is 25.6 Å². The van der Waals surface area contributed by atoms with Crippen molar-refractivity contribution in [1.82, 2.24) is 15.1 Å². The lowest BCUT2D eigenvalue weighted by molar-refractivity contribution is -0.156. The summed E-state index contributed by atoms with van der Waals surface area (Å²) < 4.78 is 0. The third-order valence-corrected chi connectivity index (χ3v) is 8.13. The number of hydrogen-bond donors (Lipinski definition) is 3. The molecule has 0 aromatic heterocycles. The van der Waals surface area contributed by atoms with E-state index in [0.717, 1.165) is 16.3 Å². The molecule has 5 amide bonds. The van der Waals surface area contributed by atoms with Gasteiger partial charge in [0.05, 0.1) is 13.0 Å². The summed E-state index contributed by atoms with van der Waals surface area (Å²) >= 11 is 0. The van der Waals surface area contributed by atoms with E-state index in [0.29, 0.717) is 50.0 Å². The third kappa shape index (κ3) is 6.12. The number of anilines is 1. The molecule has 1 spiro atoms. The highest BCUT2D eigenvalue weighted by atomic mass is 16.2. The molecule has 0 unspecified atom stereocenters. The Balaban J connectivity index is 1.12. The van der Waals surface area contributed by atoms with Crippen LogP contribution in [0.25, 0.3) is 10.8 Å². The van der Waals surface area contributed by atoms with Gasteiger partial charge >= 0.3 is 0 Å². The predicted octanol–water partition coefficient (Wildman–Crippen LogP) is 2.61. The summed E-state index contributed by atoms with van der Waals surface area (Å²) in [6, 6.07) is 20.4. The Morgan fingerprint density at radius 3 is 2.36 bits per heavy atom. The molecule has 0 bridgehead atoms. The van der Waals surface area contributed by atoms with E-state index in [1.54, 1.807) is 29.2 Å². The monoisotopic (exact) mass is 569 g/mol. The number of nitrogens with zero attached hydrogens (tertiary/aromatic N) is 2. The molecule has 2 saturated heterocycles. The summed E-state index contributed by atoms with van der Waals surface area (Å²) in [6.07, 6.45) is 2.80. The highest BCUT2D eigenvalue weighted by Gasteiger charge is 2.52. The first-order chi connectivity index (χ1) is 20.3. The van der Waals surface area contributed by atoms with Crippen molar-refractivity contribution in [3.05, 3.63) is 77.9 Å². The zero-order valence-electron chi connectivity index (χ0n) is 23.4. The van der Waals surface area contributed by atoms with E-state index in [1.807, 2.05) is 42.5 Å². The second kappa shape index (κ2) is 12.4. The number of carbonyl (C=O) groups is 5. The first-order valence-corrected chi connectivity index (χ1v) is 14.3. The Morgan fingerprint density at radius 1 is 0.881 bits per heavy atom. The molecule has 3 aromatic rings. The van der Waals surface area contributed by atoms with Crippen molar-refractivity contribution >= 4 is 46.0 Å². The smallest absolute Gasteiger partial charge is 0.251 e. The summed E-state index contributed by atoms with van der Waals surface area (Å²) in [6.45, 7) is 0.892.